The van der Waals surface area contributed by atoms with E-state index in [1.165, 1.54) is 11.2 Å². The van der Waals surface area contributed by atoms with Crippen molar-refractivity contribution < 1.29 is 18.8 Å². The van der Waals surface area contributed by atoms with E-state index in [0.717, 1.165) is 6.42 Å². The molecule has 2 rings (SSSR count). The Kier molecular flexibility index (Phi) is 6.56. The second-order valence-corrected chi connectivity index (χ2v) is 6.07. The number of nitrogens with zero attached hydrogens (tertiary/aromatic N) is 2. The highest BCUT2D eigenvalue weighted by Crippen LogP contribution is 2.15. The van der Waals surface area contributed by atoms with E-state index in [4.69, 9.17) is 4.74 Å². The molecule has 134 valence electrons. The van der Waals surface area contributed by atoms with Crippen molar-refractivity contribution in [3.05, 3.63) is 42.2 Å². The number of amides is 2. The van der Waals surface area contributed by atoms with Gasteiger partial charge >= 0.3 is 0 Å². The number of benzene rings is 1. The van der Waals surface area contributed by atoms with Crippen LogP contribution in [0.3, 0.4) is 0 Å². The summed E-state index contributed by atoms with van der Waals surface area (Å²) in [5.41, 5.74) is 0.484. The van der Waals surface area contributed by atoms with Crippen molar-refractivity contribution in [2.45, 2.75) is 20.3 Å². The van der Waals surface area contributed by atoms with Crippen LogP contribution in [0.1, 0.15) is 30.6 Å². The smallest absolute Gasteiger partial charge is 0.254 e. The maximum Gasteiger partial charge on any atom is 0.254 e. The quantitative estimate of drug-likeness (QED) is 0.795. The number of carbonyl (C=O) groups excluding carboxylic acids is 2. The third-order valence-corrected chi connectivity index (χ3v) is 3.62. The van der Waals surface area contributed by atoms with Crippen LogP contribution in [0, 0.1) is 5.92 Å². The van der Waals surface area contributed by atoms with Crippen LogP contribution in [0.2, 0.25) is 0 Å². The van der Waals surface area contributed by atoms with E-state index in [9.17, 15) is 9.59 Å². The average Bonchev–Trinajstić information content (AvgIpc) is 3.10. The molecular formula is C18H23N3O4. The van der Waals surface area contributed by atoms with Crippen LogP contribution in [0.4, 0.5) is 5.82 Å². The maximum atomic E-state index is 12.8. The van der Waals surface area contributed by atoms with E-state index in [0.29, 0.717) is 29.6 Å². The van der Waals surface area contributed by atoms with Gasteiger partial charge in [-0.05, 0) is 30.5 Å². The van der Waals surface area contributed by atoms with Gasteiger partial charge in [0.05, 0.1) is 7.11 Å². The predicted octanol–water partition coefficient (Wildman–Crippen LogP) is 2.81. The van der Waals surface area contributed by atoms with Crippen LogP contribution in [-0.4, -0.2) is 42.1 Å². The van der Waals surface area contributed by atoms with Gasteiger partial charge in [0.15, 0.2) is 5.82 Å². The molecule has 0 saturated heterocycles. The zero-order chi connectivity index (χ0) is 18.2. The van der Waals surface area contributed by atoms with Gasteiger partial charge in [-0.3, -0.25) is 9.59 Å². The molecule has 1 N–H and O–H groups in total. The van der Waals surface area contributed by atoms with E-state index in [-0.39, 0.29) is 18.4 Å². The molecule has 0 fully saturated rings. The van der Waals surface area contributed by atoms with Gasteiger partial charge in [-0.15, -0.1) is 0 Å². The minimum absolute atomic E-state index is 0.0599. The Bertz CT molecular complexity index is 698. The van der Waals surface area contributed by atoms with Gasteiger partial charge in [-0.1, -0.05) is 25.1 Å². The molecule has 0 aliphatic rings. The number of anilines is 1. The van der Waals surface area contributed by atoms with Gasteiger partial charge in [-0.2, -0.15) is 0 Å². The van der Waals surface area contributed by atoms with Crippen LogP contribution >= 0.6 is 0 Å². The van der Waals surface area contributed by atoms with Gasteiger partial charge in [0.1, 0.15) is 18.6 Å². The van der Waals surface area contributed by atoms with Crippen LogP contribution in [-0.2, 0) is 4.79 Å². The molecule has 0 atom stereocenters. The lowest BCUT2D eigenvalue weighted by molar-refractivity contribution is -0.117. The summed E-state index contributed by atoms with van der Waals surface area (Å²) in [6, 6.07) is 8.44. The third kappa shape index (κ3) is 5.63. The van der Waals surface area contributed by atoms with Crippen molar-refractivity contribution in [1.82, 2.24) is 10.1 Å². The fourth-order valence-electron chi connectivity index (χ4n) is 2.24. The lowest BCUT2D eigenvalue weighted by atomic mass is 10.1. The Hall–Kier alpha value is -2.83. The van der Waals surface area contributed by atoms with Crippen molar-refractivity contribution in [2.24, 2.45) is 5.92 Å². The highest BCUT2D eigenvalue weighted by molar-refractivity contribution is 5.99. The molecule has 25 heavy (non-hydrogen) atoms. The zero-order valence-corrected chi connectivity index (χ0v) is 14.7. The summed E-state index contributed by atoms with van der Waals surface area (Å²) in [5, 5.41) is 6.24. The zero-order valence-electron chi connectivity index (χ0n) is 14.7. The SMILES string of the molecule is COc1cccc(C(=O)N(CCC(C)C)CC(=O)Nc2ccon2)c1. The Labute approximate surface area is 146 Å². The molecule has 2 aromatic rings. The second-order valence-electron chi connectivity index (χ2n) is 6.07. The minimum Gasteiger partial charge on any atom is -0.497 e. The molecule has 0 radical (unpaired) electrons. The highest BCUT2D eigenvalue weighted by atomic mass is 16.5. The van der Waals surface area contributed by atoms with Crippen LogP contribution in [0.25, 0.3) is 0 Å². The highest BCUT2D eigenvalue weighted by Gasteiger charge is 2.20. The topological polar surface area (TPSA) is 84.7 Å². The normalized spacial score (nSPS) is 10.6. The summed E-state index contributed by atoms with van der Waals surface area (Å²) in [6.45, 7) is 4.57. The van der Waals surface area contributed by atoms with Crippen molar-refractivity contribution >= 4 is 17.6 Å². The average molecular weight is 345 g/mol. The lowest BCUT2D eigenvalue weighted by Gasteiger charge is -2.23. The number of nitrogens with one attached hydrogen (secondary N) is 1. The molecule has 7 nitrogen and oxygen atoms in total. The van der Waals surface area contributed by atoms with Crippen LogP contribution < -0.4 is 10.1 Å². The predicted molar refractivity (Wildman–Crippen MR) is 93.5 cm³/mol. The van der Waals surface area contributed by atoms with Gasteiger partial charge in [-0.25, -0.2) is 0 Å². The number of methoxy groups -OCH3 is 1. The molecule has 0 unspecified atom stereocenters. The summed E-state index contributed by atoms with van der Waals surface area (Å²) in [7, 11) is 1.55. The Morgan fingerprint density at radius 3 is 2.76 bits per heavy atom. The molecule has 1 aromatic carbocycles. The molecule has 0 aliphatic carbocycles. The summed E-state index contributed by atoms with van der Waals surface area (Å²) >= 11 is 0. The van der Waals surface area contributed by atoms with Crippen molar-refractivity contribution in [1.29, 1.82) is 0 Å². The minimum atomic E-state index is -0.325. The van der Waals surface area contributed by atoms with Gasteiger partial charge in [0, 0.05) is 18.2 Å². The van der Waals surface area contributed by atoms with E-state index in [2.05, 4.69) is 28.8 Å². The number of ether oxygens (including phenoxy) is 1. The first kappa shape index (κ1) is 18.5. The van der Waals surface area contributed by atoms with Crippen molar-refractivity contribution in [3.63, 3.8) is 0 Å². The van der Waals surface area contributed by atoms with Crippen LogP contribution in [0.15, 0.2) is 41.1 Å². The molecule has 2 amide bonds. The molecule has 1 aromatic heterocycles. The molecule has 0 saturated carbocycles. The number of aromatic nitrogens is 1. The van der Waals surface area contributed by atoms with Gasteiger partial charge in [0.25, 0.3) is 5.91 Å². The Balaban J connectivity index is 2.10. The second kappa shape index (κ2) is 8.86. The van der Waals surface area contributed by atoms with E-state index in [1.807, 2.05) is 0 Å². The van der Waals surface area contributed by atoms with E-state index < -0.39 is 0 Å². The molecule has 1 heterocycles. The molecular weight excluding hydrogens is 322 g/mol. The fourth-order valence-corrected chi connectivity index (χ4v) is 2.24. The van der Waals surface area contributed by atoms with Gasteiger partial charge in [0.2, 0.25) is 5.91 Å². The summed E-state index contributed by atoms with van der Waals surface area (Å²) in [4.78, 5) is 26.6. The number of rotatable bonds is 8. The molecule has 7 heteroatoms. The fraction of sp³-hybridized carbons (Fsp3) is 0.389. The van der Waals surface area contributed by atoms with Crippen molar-refractivity contribution in [2.75, 3.05) is 25.5 Å². The summed E-state index contributed by atoms with van der Waals surface area (Å²) in [6.07, 6.45) is 2.17. The molecule has 0 spiro atoms. The number of hydrogen-bond donors (Lipinski definition) is 1. The number of carbonyl (C=O) groups is 2. The molecule has 0 aliphatic heterocycles. The third-order valence-electron chi connectivity index (χ3n) is 3.62. The first-order valence-electron chi connectivity index (χ1n) is 8.13. The first-order valence-corrected chi connectivity index (χ1v) is 8.13. The Morgan fingerprint density at radius 1 is 1.32 bits per heavy atom. The monoisotopic (exact) mass is 345 g/mol. The van der Waals surface area contributed by atoms with Gasteiger partial charge < -0.3 is 19.5 Å². The largest absolute Gasteiger partial charge is 0.497 e. The molecule has 0 bridgehead atoms. The summed E-state index contributed by atoms with van der Waals surface area (Å²) in [5.74, 6) is 0.798. The van der Waals surface area contributed by atoms with Crippen molar-refractivity contribution in [3.8, 4) is 5.75 Å². The lowest BCUT2D eigenvalue weighted by Crippen LogP contribution is -2.39. The van der Waals surface area contributed by atoms with Crippen LogP contribution in [0.5, 0.6) is 5.75 Å². The standard InChI is InChI=1S/C18H23N3O4/c1-13(2)7-9-21(12-17(22)19-16-8-10-25-20-16)18(23)14-5-4-6-15(11-14)24-3/h4-6,8,10-11,13H,7,9,12H2,1-3H3,(H,19,20,22). The van der Waals surface area contributed by atoms with E-state index >= 15 is 0 Å². The summed E-state index contributed by atoms with van der Waals surface area (Å²) < 4.78 is 9.85. The maximum absolute atomic E-state index is 12.8. The number of hydrogen-bond acceptors (Lipinski definition) is 5. The van der Waals surface area contributed by atoms with E-state index in [1.54, 1.807) is 37.4 Å². The first-order chi connectivity index (χ1) is 12.0. The Morgan fingerprint density at radius 2 is 2.12 bits per heavy atom.